The van der Waals surface area contributed by atoms with Crippen molar-refractivity contribution >= 4 is 0 Å². The number of aromatic nitrogens is 2. The first-order valence-corrected chi connectivity index (χ1v) is 8.75. The molecule has 3 rings (SSSR count). The third-order valence-electron chi connectivity index (χ3n) is 5.41. The molecule has 1 aromatic rings. The molecule has 2 aliphatic rings. The summed E-state index contributed by atoms with van der Waals surface area (Å²) in [5.41, 5.74) is 1.76. The Morgan fingerprint density at radius 2 is 2.10 bits per heavy atom. The second kappa shape index (κ2) is 6.49. The zero-order chi connectivity index (χ0) is 14.7. The number of hydrogen-bond donors (Lipinski definition) is 1. The molecule has 1 unspecified atom stereocenters. The largest absolute Gasteiger partial charge is 0.308 e. The van der Waals surface area contributed by atoms with Gasteiger partial charge in [-0.25, -0.2) is 0 Å². The molecule has 1 saturated carbocycles. The van der Waals surface area contributed by atoms with E-state index in [1.165, 1.54) is 50.6 Å². The van der Waals surface area contributed by atoms with Gasteiger partial charge in [0.05, 0.1) is 6.20 Å². The quantitative estimate of drug-likeness (QED) is 0.925. The highest BCUT2D eigenvalue weighted by atomic mass is 15.3. The number of nitrogens with one attached hydrogen (secondary N) is 1. The maximum absolute atomic E-state index is 4.43. The normalized spacial score (nSPS) is 26.3. The van der Waals surface area contributed by atoms with Gasteiger partial charge in [-0.3, -0.25) is 9.58 Å². The lowest BCUT2D eigenvalue weighted by atomic mass is 9.79. The Balaban J connectivity index is 1.70. The zero-order valence-electron chi connectivity index (χ0n) is 13.6. The summed E-state index contributed by atoms with van der Waals surface area (Å²) in [7, 11) is 0. The predicted octanol–water partition coefficient (Wildman–Crippen LogP) is 2.79. The van der Waals surface area contributed by atoms with Gasteiger partial charge < -0.3 is 5.32 Å². The molecule has 1 N–H and O–H groups in total. The van der Waals surface area contributed by atoms with Gasteiger partial charge >= 0.3 is 0 Å². The van der Waals surface area contributed by atoms with Crippen molar-refractivity contribution in [1.82, 2.24) is 20.0 Å². The van der Waals surface area contributed by atoms with Gasteiger partial charge in [-0.1, -0.05) is 26.2 Å². The molecule has 118 valence electrons. The third kappa shape index (κ3) is 3.32. The maximum Gasteiger partial charge on any atom is 0.0534 e. The topological polar surface area (TPSA) is 33.1 Å². The molecule has 0 amide bonds. The molecule has 0 bridgehead atoms. The minimum absolute atomic E-state index is 0.394. The molecule has 0 radical (unpaired) electrons. The lowest BCUT2D eigenvalue weighted by Crippen LogP contribution is -2.64. The Bertz CT molecular complexity index is 447. The Morgan fingerprint density at radius 1 is 1.29 bits per heavy atom. The molecule has 21 heavy (non-hydrogen) atoms. The van der Waals surface area contributed by atoms with Crippen LogP contribution in [-0.2, 0) is 13.1 Å². The van der Waals surface area contributed by atoms with Crippen molar-refractivity contribution in [2.45, 2.75) is 77.0 Å². The Morgan fingerprint density at radius 3 is 2.76 bits per heavy atom. The van der Waals surface area contributed by atoms with E-state index in [-0.39, 0.29) is 0 Å². The van der Waals surface area contributed by atoms with Gasteiger partial charge in [0.25, 0.3) is 0 Å². The van der Waals surface area contributed by atoms with E-state index in [0.717, 1.165) is 19.6 Å². The molecule has 4 heteroatoms. The molecule has 2 heterocycles. The van der Waals surface area contributed by atoms with Crippen LogP contribution in [0.25, 0.3) is 0 Å². The van der Waals surface area contributed by atoms with E-state index >= 15 is 0 Å². The van der Waals surface area contributed by atoms with Crippen molar-refractivity contribution in [3.63, 3.8) is 0 Å². The minimum atomic E-state index is 0.394. The second-order valence-corrected chi connectivity index (χ2v) is 6.89. The minimum Gasteiger partial charge on any atom is -0.308 e. The van der Waals surface area contributed by atoms with E-state index in [0.29, 0.717) is 11.6 Å². The van der Waals surface area contributed by atoms with Gasteiger partial charge in [-0.15, -0.1) is 0 Å². The van der Waals surface area contributed by atoms with Gasteiger partial charge in [-0.05, 0) is 26.2 Å². The molecule has 1 spiro atoms. The van der Waals surface area contributed by atoms with Crippen LogP contribution in [0.1, 0.15) is 57.9 Å². The van der Waals surface area contributed by atoms with Gasteiger partial charge in [0.1, 0.15) is 0 Å². The fraction of sp³-hybridized carbons (Fsp3) is 0.824. The van der Waals surface area contributed by atoms with Gasteiger partial charge in [0, 0.05) is 49.5 Å². The molecule has 1 atom stereocenters. The molecule has 1 saturated heterocycles. The van der Waals surface area contributed by atoms with Crippen molar-refractivity contribution in [3.05, 3.63) is 18.0 Å². The average molecular weight is 290 g/mol. The van der Waals surface area contributed by atoms with Crippen LogP contribution < -0.4 is 5.32 Å². The van der Waals surface area contributed by atoms with E-state index < -0.39 is 0 Å². The summed E-state index contributed by atoms with van der Waals surface area (Å²) in [6.07, 6.45) is 12.4. The number of nitrogens with zero attached hydrogens (tertiary/aromatic N) is 3. The van der Waals surface area contributed by atoms with Crippen molar-refractivity contribution in [2.75, 3.05) is 13.1 Å². The number of rotatable bonds is 4. The summed E-state index contributed by atoms with van der Waals surface area (Å²) in [5.74, 6) is 0. The SMILES string of the molecule is CCC1CNC2(CCCCC2)CN1Cc1cnn(CC)c1. The van der Waals surface area contributed by atoms with E-state index in [4.69, 9.17) is 0 Å². The van der Waals surface area contributed by atoms with E-state index in [1.807, 2.05) is 10.9 Å². The van der Waals surface area contributed by atoms with Crippen molar-refractivity contribution in [2.24, 2.45) is 0 Å². The fourth-order valence-corrected chi connectivity index (χ4v) is 4.08. The first-order chi connectivity index (χ1) is 10.2. The van der Waals surface area contributed by atoms with Crippen molar-refractivity contribution < 1.29 is 0 Å². The van der Waals surface area contributed by atoms with Crippen molar-refractivity contribution in [1.29, 1.82) is 0 Å². The highest BCUT2D eigenvalue weighted by Gasteiger charge is 2.39. The summed E-state index contributed by atoms with van der Waals surface area (Å²) < 4.78 is 2.04. The predicted molar refractivity (Wildman–Crippen MR) is 86.2 cm³/mol. The van der Waals surface area contributed by atoms with Gasteiger partial charge in [-0.2, -0.15) is 5.10 Å². The molecule has 1 aliphatic heterocycles. The number of aryl methyl sites for hydroxylation is 1. The Kier molecular flexibility index (Phi) is 4.65. The Hall–Kier alpha value is -0.870. The van der Waals surface area contributed by atoms with Crippen LogP contribution in [0.5, 0.6) is 0 Å². The standard InChI is InChI=1S/C17H30N4/c1-3-16-11-18-17(8-6-5-7-9-17)14-20(16)12-15-10-19-21(4-2)13-15/h10,13,16,18H,3-9,11-12,14H2,1-2H3. The highest BCUT2D eigenvalue weighted by molar-refractivity contribution is 5.07. The highest BCUT2D eigenvalue weighted by Crippen LogP contribution is 2.32. The van der Waals surface area contributed by atoms with Crippen LogP contribution in [-0.4, -0.2) is 39.4 Å². The summed E-state index contributed by atoms with van der Waals surface area (Å²) in [6.45, 7) is 8.84. The van der Waals surface area contributed by atoms with Crippen LogP contribution in [0, 0.1) is 0 Å². The average Bonchev–Trinajstić information content (AvgIpc) is 2.96. The fourth-order valence-electron chi connectivity index (χ4n) is 4.08. The van der Waals surface area contributed by atoms with Crippen LogP contribution >= 0.6 is 0 Å². The molecule has 1 aromatic heterocycles. The first kappa shape index (κ1) is 15.0. The van der Waals surface area contributed by atoms with Crippen LogP contribution in [0.15, 0.2) is 12.4 Å². The van der Waals surface area contributed by atoms with Crippen LogP contribution in [0.2, 0.25) is 0 Å². The van der Waals surface area contributed by atoms with Crippen LogP contribution in [0.3, 0.4) is 0 Å². The van der Waals surface area contributed by atoms with E-state index in [9.17, 15) is 0 Å². The number of hydrogen-bond acceptors (Lipinski definition) is 3. The monoisotopic (exact) mass is 290 g/mol. The summed E-state index contributed by atoms with van der Waals surface area (Å²) in [5, 5.41) is 8.33. The molecule has 1 aliphatic carbocycles. The van der Waals surface area contributed by atoms with Crippen LogP contribution in [0.4, 0.5) is 0 Å². The lowest BCUT2D eigenvalue weighted by molar-refractivity contribution is 0.0484. The summed E-state index contributed by atoms with van der Waals surface area (Å²) >= 11 is 0. The van der Waals surface area contributed by atoms with E-state index in [2.05, 4.69) is 35.4 Å². The third-order valence-corrected chi connectivity index (χ3v) is 5.41. The summed E-state index contributed by atoms with van der Waals surface area (Å²) in [6, 6.07) is 0.669. The molecular weight excluding hydrogens is 260 g/mol. The van der Waals surface area contributed by atoms with Gasteiger partial charge in [0.15, 0.2) is 0 Å². The lowest BCUT2D eigenvalue weighted by Gasteiger charge is -2.49. The number of piperazine rings is 1. The summed E-state index contributed by atoms with van der Waals surface area (Å²) in [4.78, 5) is 2.71. The van der Waals surface area contributed by atoms with Gasteiger partial charge in [0.2, 0.25) is 0 Å². The van der Waals surface area contributed by atoms with Crippen molar-refractivity contribution in [3.8, 4) is 0 Å². The molecule has 4 nitrogen and oxygen atoms in total. The maximum atomic E-state index is 4.43. The molecule has 0 aromatic carbocycles. The Labute approximate surface area is 128 Å². The molecule has 2 fully saturated rings. The van der Waals surface area contributed by atoms with E-state index in [1.54, 1.807) is 0 Å². The second-order valence-electron chi connectivity index (χ2n) is 6.89. The first-order valence-electron chi connectivity index (χ1n) is 8.75. The smallest absolute Gasteiger partial charge is 0.0534 e. The molecular formula is C17H30N4. The zero-order valence-corrected chi connectivity index (χ0v) is 13.6.